The van der Waals surface area contributed by atoms with Gasteiger partial charge in [0, 0.05) is 5.69 Å². The van der Waals surface area contributed by atoms with Gasteiger partial charge in [0.05, 0.1) is 12.1 Å². The van der Waals surface area contributed by atoms with Gasteiger partial charge in [0.25, 0.3) is 0 Å². The molecule has 0 saturated heterocycles. The molecule has 1 fully saturated rings. The Labute approximate surface area is 129 Å². The van der Waals surface area contributed by atoms with E-state index in [1.807, 2.05) is 24.3 Å². The zero-order valence-electron chi connectivity index (χ0n) is 12.5. The molecular weight excluding hydrogens is 278 g/mol. The summed E-state index contributed by atoms with van der Waals surface area (Å²) < 4.78 is 1.74. The maximum Gasteiger partial charge on any atom is 0.244 e. The van der Waals surface area contributed by atoms with Crippen LogP contribution in [0.15, 0.2) is 36.9 Å². The number of benzene rings is 1. The highest BCUT2D eigenvalue weighted by atomic mass is 16.2. The zero-order chi connectivity index (χ0) is 15.4. The maximum absolute atomic E-state index is 12.5. The molecule has 1 saturated carbocycles. The van der Waals surface area contributed by atoms with E-state index in [4.69, 9.17) is 5.73 Å². The minimum atomic E-state index is -0.722. The van der Waals surface area contributed by atoms with Gasteiger partial charge in [0.15, 0.2) is 0 Å². The molecule has 1 heterocycles. The normalized spacial score (nSPS) is 17.1. The molecule has 0 spiro atoms. The predicted molar refractivity (Wildman–Crippen MR) is 84.2 cm³/mol. The summed E-state index contributed by atoms with van der Waals surface area (Å²) in [5.74, 6) is -0.0786. The summed E-state index contributed by atoms with van der Waals surface area (Å²) in [6.45, 7) is 0.622. The summed E-state index contributed by atoms with van der Waals surface area (Å²) in [6, 6.07) is 7.75. The average molecular weight is 299 g/mol. The van der Waals surface area contributed by atoms with Crippen molar-refractivity contribution in [1.29, 1.82) is 0 Å². The summed E-state index contributed by atoms with van der Waals surface area (Å²) in [7, 11) is 0. The van der Waals surface area contributed by atoms with Crippen molar-refractivity contribution < 1.29 is 4.79 Å². The Balaban J connectivity index is 1.68. The Bertz CT molecular complexity index is 632. The van der Waals surface area contributed by atoms with Crippen molar-refractivity contribution in [2.24, 2.45) is 5.73 Å². The van der Waals surface area contributed by atoms with Crippen molar-refractivity contribution in [3.05, 3.63) is 42.5 Å². The summed E-state index contributed by atoms with van der Waals surface area (Å²) in [4.78, 5) is 16.4. The highest BCUT2D eigenvalue weighted by molar-refractivity contribution is 5.98. The zero-order valence-corrected chi connectivity index (χ0v) is 12.5. The Morgan fingerprint density at radius 3 is 2.86 bits per heavy atom. The van der Waals surface area contributed by atoms with E-state index in [0.717, 1.165) is 36.9 Å². The van der Waals surface area contributed by atoms with Crippen molar-refractivity contribution in [3.8, 4) is 0 Å². The lowest BCUT2D eigenvalue weighted by molar-refractivity contribution is -0.122. The molecule has 6 heteroatoms. The van der Waals surface area contributed by atoms with Gasteiger partial charge in [-0.3, -0.25) is 4.79 Å². The molecule has 1 aliphatic rings. The number of carbonyl (C=O) groups excluding carboxylic acids is 1. The van der Waals surface area contributed by atoms with Crippen LogP contribution in [-0.2, 0) is 11.3 Å². The van der Waals surface area contributed by atoms with Crippen LogP contribution >= 0.6 is 0 Å². The van der Waals surface area contributed by atoms with Crippen molar-refractivity contribution in [2.45, 2.75) is 44.2 Å². The third-order valence-electron chi connectivity index (χ3n) is 4.19. The molecule has 6 nitrogen and oxygen atoms in total. The van der Waals surface area contributed by atoms with E-state index in [9.17, 15) is 4.79 Å². The van der Waals surface area contributed by atoms with Gasteiger partial charge in [-0.05, 0) is 30.5 Å². The molecule has 0 aliphatic heterocycles. The quantitative estimate of drug-likeness (QED) is 0.903. The summed E-state index contributed by atoms with van der Waals surface area (Å²) >= 11 is 0. The number of nitrogens with zero attached hydrogens (tertiary/aromatic N) is 3. The number of carbonyl (C=O) groups is 1. The third kappa shape index (κ3) is 3.33. The van der Waals surface area contributed by atoms with Crippen LogP contribution in [0.1, 0.15) is 37.7 Å². The van der Waals surface area contributed by atoms with E-state index >= 15 is 0 Å². The van der Waals surface area contributed by atoms with Gasteiger partial charge in [0.2, 0.25) is 5.91 Å². The monoisotopic (exact) mass is 299 g/mol. The largest absolute Gasteiger partial charge is 0.324 e. The number of anilines is 1. The molecule has 2 aromatic rings. The van der Waals surface area contributed by atoms with Crippen molar-refractivity contribution in [2.75, 3.05) is 5.32 Å². The number of hydrogen-bond donors (Lipinski definition) is 2. The van der Waals surface area contributed by atoms with Crippen LogP contribution in [0, 0.1) is 0 Å². The molecular formula is C16H21N5O. The Morgan fingerprint density at radius 2 is 2.14 bits per heavy atom. The molecule has 0 atom stereocenters. The topological polar surface area (TPSA) is 85.8 Å². The number of amides is 1. The average Bonchev–Trinajstić information content (AvgIpc) is 3.01. The molecule has 22 heavy (non-hydrogen) atoms. The van der Waals surface area contributed by atoms with E-state index in [-0.39, 0.29) is 5.91 Å². The number of rotatable bonds is 4. The van der Waals surface area contributed by atoms with Gasteiger partial charge >= 0.3 is 0 Å². The minimum Gasteiger partial charge on any atom is -0.324 e. The molecule has 116 valence electrons. The van der Waals surface area contributed by atoms with Crippen LogP contribution in [0.2, 0.25) is 0 Å². The molecule has 0 unspecified atom stereocenters. The minimum absolute atomic E-state index is 0.0786. The second-order valence-corrected chi connectivity index (χ2v) is 5.96. The second kappa shape index (κ2) is 6.27. The van der Waals surface area contributed by atoms with Crippen molar-refractivity contribution in [3.63, 3.8) is 0 Å². The van der Waals surface area contributed by atoms with Gasteiger partial charge in [0.1, 0.15) is 12.7 Å². The lowest BCUT2D eigenvalue weighted by Gasteiger charge is -2.31. The van der Waals surface area contributed by atoms with Crippen LogP contribution in [-0.4, -0.2) is 26.2 Å². The fourth-order valence-corrected chi connectivity index (χ4v) is 2.91. The first kappa shape index (κ1) is 14.7. The first-order valence-corrected chi connectivity index (χ1v) is 7.67. The molecule has 0 radical (unpaired) electrons. The highest BCUT2D eigenvalue weighted by Gasteiger charge is 2.35. The van der Waals surface area contributed by atoms with Crippen LogP contribution in [0.4, 0.5) is 5.69 Å². The van der Waals surface area contributed by atoms with E-state index in [0.29, 0.717) is 6.54 Å². The summed E-state index contributed by atoms with van der Waals surface area (Å²) in [6.07, 6.45) is 7.91. The van der Waals surface area contributed by atoms with Crippen molar-refractivity contribution in [1.82, 2.24) is 14.8 Å². The number of aromatic nitrogens is 3. The van der Waals surface area contributed by atoms with Gasteiger partial charge in [-0.15, -0.1) is 0 Å². The fourth-order valence-electron chi connectivity index (χ4n) is 2.91. The Morgan fingerprint density at radius 1 is 1.32 bits per heavy atom. The van der Waals surface area contributed by atoms with Gasteiger partial charge in [-0.2, -0.15) is 5.10 Å². The smallest absolute Gasteiger partial charge is 0.244 e. The molecule has 1 aromatic heterocycles. The summed E-state index contributed by atoms with van der Waals surface area (Å²) in [5.41, 5.74) is 7.37. The van der Waals surface area contributed by atoms with E-state index in [1.165, 1.54) is 12.7 Å². The van der Waals surface area contributed by atoms with Crippen LogP contribution in [0.3, 0.4) is 0 Å². The maximum atomic E-state index is 12.5. The van der Waals surface area contributed by atoms with Crippen LogP contribution in [0.25, 0.3) is 0 Å². The number of hydrogen-bond acceptors (Lipinski definition) is 4. The van der Waals surface area contributed by atoms with Crippen molar-refractivity contribution >= 4 is 11.6 Å². The fraction of sp³-hybridized carbons (Fsp3) is 0.438. The Hall–Kier alpha value is -2.21. The standard InChI is InChI=1S/C16H21N5O/c17-16(7-2-1-3-8-16)15(22)20-14-6-4-5-13(9-14)10-21-12-18-11-19-21/h4-6,9,11-12H,1-3,7-8,10,17H2,(H,20,22). The first-order valence-electron chi connectivity index (χ1n) is 7.67. The molecule has 3 N–H and O–H groups in total. The predicted octanol–water partition coefficient (Wildman–Crippen LogP) is 1.93. The lowest BCUT2D eigenvalue weighted by Crippen LogP contribution is -2.52. The molecule has 0 bridgehead atoms. The second-order valence-electron chi connectivity index (χ2n) is 5.96. The van der Waals surface area contributed by atoms with E-state index in [2.05, 4.69) is 15.4 Å². The SMILES string of the molecule is NC1(C(=O)Nc2cccc(Cn3cncn3)c2)CCCCC1. The highest BCUT2D eigenvalue weighted by Crippen LogP contribution is 2.27. The van der Waals surface area contributed by atoms with E-state index < -0.39 is 5.54 Å². The Kier molecular flexibility index (Phi) is 4.20. The van der Waals surface area contributed by atoms with Gasteiger partial charge in [-0.25, -0.2) is 9.67 Å². The molecule has 1 aromatic carbocycles. The lowest BCUT2D eigenvalue weighted by atomic mass is 9.82. The van der Waals surface area contributed by atoms with Gasteiger partial charge < -0.3 is 11.1 Å². The van der Waals surface area contributed by atoms with E-state index in [1.54, 1.807) is 11.0 Å². The molecule has 1 amide bonds. The van der Waals surface area contributed by atoms with Crippen LogP contribution < -0.4 is 11.1 Å². The summed E-state index contributed by atoms with van der Waals surface area (Å²) in [5, 5.41) is 7.05. The first-order chi connectivity index (χ1) is 10.7. The molecule has 1 aliphatic carbocycles. The third-order valence-corrected chi connectivity index (χ3v) is 4.19. The van der Waals surface area contributed by atoms with Crippen LogP contribution in [0.5, 0.6) is 0 Å². The number of nitrogens with two attached hydrogens (primary N) is 1. The van der Waals surface area contributed by atoms with Gasteiger partial charge in [-0.1, -0.05) is 31.4 Å². The molecule has 3 rings (SSSR count). The number of nitrogens with one attached hydrogen (secondary N) is 1.